The second kappa shape index (κ2) is 9.48. The van der Waals surface area contributed by atoms with Crippen LogP contribution in [0.2, 0.25) is 0 Å². The molecule has 0 saturated heterocycles. The van der Waals surface area contributed by atoms with Crippen LogP contribution in [0, 0.1) is 0 Å². The lowest BCUT2D eigenvalue weighted by Crippen LogP contribution is -2.53. The van der Waals surface area contributed by atoms with Crippen LogP contribution in [0.25, 0.3) is 0 Å². The molecule has 1 aliphatic carbocycles. The van der Waals surface area contributed by atoms with Gasteiger partial charge in [0.2, 0.25) is 0 Å². The monoisotopic (exact) mass is 369 g/mol. The van der Waals surface area contributed by atoms with E-state index in [1.807, 2.05) is 42.2 Å². The Morgan fingerprint density at radius 3 is 2.85 bits per heavy atom. The van der Waals surface area contributed by atoms with Gasteiger partial charge in [-0.1, -0.05) is 25.1 Å². The molecule has 0 spiro atoms. The lowest BCUT2D eigenvalue weighted by molar-refractivity contribution is -0.139. The topological polar surface area (TPSA) is 74.7 Å². The molecule has 1 aromatic carbocycles. The summed E-state index contributed by atoms with van der Waals surface area (Å²) in [6.45, 7) is 4.16. The zero-order valence-corrected chi connectivity index (χ0v) is 15.7. The van der Waals surface area contributed by atoms with Crippen LogP contribution in [0.1, 0.15) is 31.0 Å². The molecule has 0 bridgehead atoms. The van der Waals surface area contributed by atoms with Crippen molar-refractivity contribution in [3.63, 3.8) is 0 Å². The molecule has 0 radical (unpaired) electrons. The van der Waals surface area contributed by atoms with Gasteiger partial charge >= 0.3 is 5.97 Å². The highest BCUT2D eigenvalue weighted by molar-refractivity contribution is 5.69. The number of carboxylic acid groups (broad SMARTS) is 1. The number of likely N-dealkylation sites (N-methyl/N-ethyl adjacent to an activating group) is 1. The van der Waals surface area contributed by atoms with Crippen molar-refractivity contribution in [3.05, 3.63) is 59.9 Å². The molecule has 1 saturated carbocycles. The van der Waals surface area contributed by atoms with Crippen molar-refractivity contribution in [2.75, 3.05) is 13.1 Å². The average Bonchev–Trinajstić information content (AvgIpc) is 2.65. The molecule has 27 heavy (non-hydrogen) atoms. The fourth-order valence-corrected chi connectivity index (χ4v) is 3.37. The smallest absolute Gasteiger partial charge is 0.317 e. The molecular formula is C21H27N3O3. The Morgan fingerprint density at radius 2 is 2.15 bits per heavy atom. The number of nitrogens with zero attached hydrogens (tertiary/aromatic N) is 2. The Kier molecular flexibility index (Phi) is 6.79. The molecule has 2 N–H and O–H groups in total. The van der Waals surface area contributed by atoms with Crippen molar-refractivity contribution in [2.45, 2.75) is 45.0 Å². The molecule has 0 unspecified atom stereocenters. The molecule has 1 fully saturated rings. The Balaban J connectivity index is 1.42. The second-order valence-corrected chi connectivity index (χ2v) is 6.92. The van der Waals surface area contributed by atoms with Gasteiger partial charge in [-0.05, 0) is 49.2 Å². The molecule has 1 heterocycles. The normalized spacial score (nSPS) is 18.9. The van der Waals surface area contributed by atoms with Gasteiger partial charge in [0, 0.05) is 24.8 Å². The van der Waals surface area contributed by atoms with Crippen LogP contribution in [-0.2, 0) is 17.9 Å². The van der Waals surface area contributed by atoms with E-state index in [4.69, 9.17) is 9.84 Å². The summed E-state index contributed by atoms with van der Waals surface area (Å²) >= 11 is 0. The zero-order chi connectivity index (χ0) is 19.1. The number of hydrogen-bond donors (Lipinski definition) is 2. The van der Waals surface area contributed by atoms with Gasteiger partial charge in [0.25, 0.3) is 0 Å². The number of aromatic nitrogens is 1. The third-order valence-electron chi connectivity index (χ3n) is 4.98. The minimum atomic E-state index is -0.754. The summed E-state index contributed by atoms with van der Waals surface area (Å²) in [7, 11) is 0. The van der Waals surface area contributed by atoms with Crippen LogP contribution >= 0.6 is 0 Å². The maximum Gasteiger partial charge on any atom is 0.317 e. The summed E-state index contributed by atoms with van der Waals surface area (Å²) in [5, 5.41) is 12.5. The molecule has 144 valence electrons. The van der Waals surface area contributed by atoms with Gasteiger partial charge in [0.05, 0.1) is 12.2 Å². The Labute approximate surface area is 160 Å². The van der Waals surface area contributed by atoms with E-state index in [0.29, 0.717) is 18.7 Å². The van der Waals surface area contributed by atoms with Crippen molar-refractivity contribution in [1.29, 1.82) is 0 Å². The number of hydrogen-bond acceptors (Lipinski definition) is 5. The van der Waals surface area contributed by atoms with Crippen LogP contribution < -0.4 is 10.1 Å². The highest BCUT2D eigenvalue weighted by Gasteiger charge is 2.33. The number of ether oxygens (including phenoxy) is 1. The highest BCUT2D eigenvalue weighted by Crippen LogP contribution is 2.26. The van der Waals surface area contributed by atoms with Crippen LogP contribution in [0.5, 0.6) is 5.75 Å². The SMILES string of the molecule is CCN(CC(=O)O)C1CC(NCc2cccc(OCc3ccccn3)c2)C1. The first-order valence-corrected chi connectivity index (χ1v) is 9.45. The van der Waals surface area contributed by atoms with Crippen LogP contribution in [0.15, 0.2) is 48.7 Å². The largest absolute Gasteiger partial charge is 0.487 e. The number of nitrogens with one attached hydrogen (secondary N) is 1. The maximum atomic E-state index is 10.9. The van der Waals surface area contributed by atoms with Gasteiger partial charge < -0.3 is 15.2 Å². The van der Waals surface area contributed by atoms with Gasteiger partial charge in [-0.3, -0.25) is 14.7 Å². The van der Waals surface area contributed by atoms with Gasteiger partial charge in [-0.15, -0.1) is 0 Å². The number of benzene rings is 1. The predicted octanol–water partition coefficient (Wildman–Crippen LogP) is 2.69. The van der Waals surface area contributed by atoms with E-state index in [1.165, 1.54) is 5.56 Å². The lowest BCUT2D eigenvalue weighted by Gasteiger charge is -2.42. The molecule has 0 aliphatic heterocycles. The third-order valence-corrected chi connectivity index (χ3v) is 4.98. The van der Waals surface area contributed by atoms with E-state index in [9.17, 15) is 4.79 Å². The lowest BCUT2D eigenvalue weighted by atomic mass is 9.85. The van der Waals surface area contributed by atoms with E-state index in [-0.39, 0.29) is 6.54 Å². The molecule has 0 atom stereocenters. The number of pyridine rings is 1. The van der Waals surface area contributed by atoms with Crippen LogP contribution in [0.3, 0.4) is 0 Å². The van der Waals surface area contributed by atoms with Crippen molar-refractivity contribution >= 4 is 5.97 Å². The quantitative estimate of drug-likeness (QED) is 0.671. The van der Waals surface area contributed by atoms with Gasteiger partial charge in [0.15, 0.2) is 0 Å². The molecular weight excluding hydrogens is 342 g/mol. The van der Waals surface area contributed by atoms with E-state index in [1.54, 1.807) is 6.20 Å². The maximum absolute atomic E-state index is 10.9. The van der Waals surface area contributed by atoms with Crippen molar-refractivity contribution < 1.29 is 14.6 Å². The fourth-order valence-electron chi connectivity index (χ4n) is 3.37. The Morgan fingerprint density at radius 1 is 1.30 bits per heavy atom. The van der Waals surface area contributed by atoms with Crippen LogP contribution in [0.4, 0.5) is 0 Å². The highest BCUT2D eigenvalue weighted by atomic mass is 16.5. The fraction of sp³-hybridized carbons (Fsp3) is 0.429. The summed E-state index contributed by atoms with van der Waals surface area (Å²) in [4.78, 5) is 17.2. The van der Waals surface area contributed by atoms with E-state index < -0.39 is 5.97 Å². The summed E-state index contributed by atoms with van der Waals surface area (Å²) < 4.78 is 5.83. The molecule has 3 rings (SSSR count). The van der Waals surface area contributed by atoms with Gasteiger partial charge in [-0.25, -0.2) is 0 Å². The first kappa shape index (κ1) is 19.3. The van der Waals surface area contributed by atoms with Gasteiger partial charge in [-0.2, -0.15) is 0 Å². The van der Waals surface area contributed by atoms with Crippen molar-refractivity contribution in [2.24, 2.45) is 0 Å². The standard InChI is InChI=1S/C21H27N3O3/c1-2-24(14-21(25)26)19-11-18(12-19)23-13-16-6-5-8-20(10-16)27-15-17-7-3-4-9-22-17/h3-10,18-19,23H,2,11-15H2,1H3,(H,25,26). The van der Waals surface area contributed by atoms with E-state index in [2.05, 4.69) is 22.4 Å². The zero-order valence-electron chi connectivity index (χ0n) is 15.7. The van der Waals surface area contributed by atoms with Crippen LogP contribution in [-0.4, -0.2) is 46.1 Å². The van der Waals surface area contributed by atoms with Crippen molar-refractivity contribution in [3.8, 4) is 5.75 Å². The molecule has 1 aliphatic rings. The first-order chi connectivity index (χ1) is 13.1. The Hall–Kier alpha value is -2.44. The third kappa shape index (κ3) is 5.77. The van der Waals surface area contributed by atoms with Crippen molar-refractivity contribution in [1.82, 2.24) is 15.2 Å². The second-order valence-electron chi connectivity index (χ2n) is 6.92. The molecule has 1 aromatic heterocycles. The molecule has 2 aromatic rings. The number of carbonyl (C=O) groups is 1. The van der Waals surface area contributed by atoms with E-state index >= 15 is 0 Å². The molecule has 6 nitrogen and oxygen atoms in total. The summed E-state index contributed by atoms with van der Waals surface area (Å²) in [5.41, 5.74) is 2.08. The van der Waals surface area contributed by atoms with E-state index in [0.717, 1.165) is 37.4 Å². The minimum Gasteiger partial charge on any atom is -0.487 e. The molecule has 6 heteroatoms. The summed E-state index contributed by atoms with van der Waals surface area (Å²) in [5.74, 6) is 0.0841. The summed E-state index contributed by atoms with van der Waals surface area (Å²) in [6, 6.07) is 14.7. The predicted molar refractivity (Wildman–Crippen MR) is 104 cm³/mol. The number of aliphatic carboxylic acids is 1. The average molecular weight is 369 g/mol. The molecule has 0 amide bonds. The Bertz CT molecular complexity index is 732. The number of carboxylic acids is 1. The first-order valence-electron chi connectivity index (χ1n) is 9.45. The summed E-state index contributed by atoms with van der Waals surface area (Å²) in [6.07, 6.45) is 3.76. The number of rotatable bonds is 10. The van der Waals surface area contributed by atoms with Gasteiger partial charge in [0.1, 0.15) is 12.4 Å². The minimum absolute atomic E-state index is 0.129.